The fraction of sp³-hybridized carbons (Fsp3) is 0.450. The molecule has 1 saturated carbocycles. The molecule has 1 aromatic heterocycles. The second kappa shape index (κ2) is 8.14. The molecule has 8 heteroatoms. The van der Waals surface area contributed by atoms with Gasteiger partial charge in [0, 0.05) is 29.0 Å². The minimum absolute atomic E-state index is 0.0897. The normalized spacial score (nSPS) is 20.8. The molecule has 2 heterocycles. The van der Waals surface area contributed by atoms with Crippen LogP contribution in [0.2, 0.25) is 5.02 Å². The molecule has 1 amide bonds. The Morgan fingerprint density at radius 1 is 1.18 bits per heavy atom. The number of thiophene rings is 1. The summed E-state index contributed by atoms with van der Waals surface area (Å²) in [5.41, 5.74) is 0. The number of hydrogen-bond donors (Lipinski definition) is 0. The van der Waals surface area contributed by atoms with Crippen molar-refractivity contribution < 1.29 is 13.2 Å². The Morgan fingerprint density at radius 3 is 2.57 bits per heavy atom. The topological polar surface area (TPSA) is 57.7 Å². The number of nitrogens with zero attached hydrogens (tertiary/aromatic N) is 2. The maximum atomic E-state index is 13.3. The van der Waals surface area contributed by atoms with Gasteiger partial charge in [0.1, 0.15) is 0 Å². The molecule has 0 N–H and O–H groups in total. The number of carbonyl (C=O) groups is 1. The zero-order valence-electron chi connectivity index (χ0n) is 15.5. The summed E-state index contributed by atoms with van der Waals surface area (Å²) in [6.07, 6.45) is 3.51. The largest absolute Gasteiger partial charge is 0.334 e. The van der Waals surface area contributed by atoms with Gasteiger partial charge in [-0.25, -0.2) is 8.42 Å². The summed E-state index contributed by atoms with van der Waals surface area (Å²) >= 11 is 7.54. The summed E-state index contributed by atoms with van der Waals surface area (Å²) in [5.74, 6) is -0.191. The SMILES string of the molecule is O=C([C@@H]1CCCN(S(=O)(=O)c2ccc(Cl)cc2)C1)N(Cc1cccs1)C1CC1. The van der Waals surface area contributed by atoms with E-state index in [2.05, 4.69) is 0 Å². The van der Waals surface area contributed by atoms with Crippen LogP contribution in [0.5, 0.6) is 0 Å². The van der Waals surface area contributed by atoms with E-state index in [4.69, 9.17) is 11.6 Å². The van der Waals surface area contributed by atoms with E-state index < -0.39 is 10.0 Å². The number of hydrogen-bond acceptors (Lipinski definition) is 4. The molecule has 2 aliphatic rings. The first-order valence-corrected chi connectivity index (χ1v) is 12.2. The van der Waals surface area contributed by atoms with Crippen LogP contribution in [0.25, 0.3) is 0 Å². The van der Waals surface area contributed by atoms with Crippen molar-refractivity contribution >= 4 is 38.9 Å². The van der Waals surface area contributed by atoms with Gasteiger partial charge in [0.15, 0.2) is 0 Å². The highest BCUT2D eigenvalue weighted by molar-refractivity contribution is 7.89. The van der Waals surface area contributed by atoms with E-state index in [1.165, 1.54) is 21.3 Å². The van der Waals surface area contributed by atoms with E-state index in [1.807, 2.05) is 22.4 Å². The monoisotopic (exact) mass is 438 g/mol. The van der Waals surface area contributed by atoms with E-state index in [0.29, 0.717) is 30.6 Å². The highest BCUT2D eigenvalue weighted by Crippen LogP contribution is 2.33. The summed E-state index contributed by atoms with van der Waals surface area (Å²) in [6.45, 7) is 1.32. The maximum absolute atomic E-state index is 13.3. The second-order valence-electron chi connectivity index (χ2n) is 7.43. The van der Waals surface area contributed by atoms with Gasteiger partial charge in [0.25, 0.3) is 0 Å². The van der Waals surface area contributed by atoms with E-state index in [1.54, 1.807) is 23.5 Å². The van der Waals surface area contributed by atoms with Gasteiger partial charge < -0.3 is 4.90 Å². The van der Waals surface area contributed by atoms with Crippen LogP contribution < -0.4 is 0 Å². The van der Waals surface area contributed by atoms with Gasteiger partial charge in [-0.2, -0.15) is 4.31 Å². The summed E-state index contributed by atoms with van der Waals surface area (Å²) in [5, 5.41) is 2.52. The minimum Gasteiger partial charge on any atom is -0.334 e. The highest BCUT2D eigenvalue weighted by Gasteiger charge is 2.39. The number of benzene rings is 1. The molecule has 1 aliphatic carbocycles. The second-order valence-corrected chi connectivity index (χ2v) is 10.8. The quantitative estimate of drug-likeness (QED) is 0.685. The number of halogens is 1. The molecular weight excluding hydrogens is 416 g/mol. The van der Waals surface area contributed by atoms with Gasteiger partial charge in [0.05, 0.1) is 17.4 Å². The standard InChI is InChI=1S/C20H23ClN2O3S2/c21-16-5-9-19(10-6-16)28(25,26)22-11-1-3-15(13-22)20(24)23(17-7-8-17)14-18-4-2-12-27-18/h2,4-6,9-10,12,15,17H,1,3,7-8,11,13-14H2/t15-/m1/s1. The minimum atomic E-state index is -3.62. The van der Waals surface area contributed by atoms with Crippen molar-refractivity contribution in [1.82, 2.24) is 9.21 Å². The van der Waals surface area contributed by atoms with Crippen LogP contribution in [0.15, 0.2) is 46.7 Å². The van der Waals surface area contributed by atoms with Crippen LogP contribution >= 0.6 is 22.9 Å². The molecule has 1 aliphatic heterocycles. The van der Waals surface area contributed by atoms with Crippen molar-refractivity contribution in [1.29, 1.82) is 0 Å². The molecule has 2 aromatic rings. The molecule has 4 rings (SSSR count). The smallest absolute Gasteiger partial charge is 0.243 e. The lowest BCUT2D eigenvalue weighted by atomic mass is 9.98. The molecule has 1 aromatic carbocycles. The predicted octanol–water partition coefficient (Wildman–Crippen LogP) is 3.99. The Hall–Kier alpha value is -1.41. The van der Waals surface area contributed by atoms with Gasteiger partial charge in [-0.1, -0.05) is 17.7 Å². The van der Waals surface area contributed by atoms with Gasteiger partial charge in [-0.3, -0.25) is 4.79 Å². The molecule has 5 nitrogen and oxygen atoms in total. The molecule has 150 valence electrons. The van der Waals surface area contributed by atoms with E-state index in [0.717, 1.165) is 19.3 Å². The van der Waals surface area contributed by atoms with Crippen molar-refractivity contribution in [2.45, 2.75) is 43.2 Å². The lowest BCUT2D eigenvalue weighted by Gasteiger charge is -2.34. The number of rotatable bonds is 6. The number of sulfonamides is 1. The summed E-state index contributed by atoms with van der Waals surface area (Å²) in [7, 11) is -3.62. The number of amides is 1. The Labute approximate surface area is 175 Å². The van der Waals surface area contributed by atoms with Crippen molar-refractivity contribution in [3.8, 4) is 0 Å². The third-order valence-electron chi connectivity index (χ3n) is 5.36. The maximum Gasteiger partial charge on any atom is 0.243 e. The third kappa shape index (κ3) is 4.27. The molecule has 0 radical (unpaired) electrons. The summed E-state index contributed by atoms with van der Waals surface area (Å²) in [6, 6.07) is 10.6. The van der Waals surface area contributed by atoms with E-state index in [-0.39, 0.29) is 23.3 Å². The highest BCUT2D eigenvalue weighted by atomic mass is 35.5. The van der Waals surface area contributed by atoms with Gasteiger partial charge in [-0.05, 0) is 61.4 Å². The van der Waals surface area contributed by atoms with Crippen LogP contribution in [-0.4, -0.2) is 42.7 Å². The Kier molecular flexibility index (Phi) is 5.78. The lowest BCUT2D eigenvalue weighted by molar-refractivity contribution is -0.137. The molecule has 1 saturated heterocycles. The molecular formula is C20H23ClN2O3S2. The van der Waals surface area contributed by atoms with Gasteiger partial charge >= 0.3 is 0 Å². The lowest BCUT2D eigenvalue weighted by Crippen LogP contribution is -2.47. The van der Waals surface area contributed by atoms with Gasteiger partial charge in [0.2, 0.25) is 15.9 Å². The predicted molar refractivity (Wildman–Crippen MR) is 111 cm³/mol. The Morgan fingerprint density at radius 2 is 1.93 bits per heavy atom. The van der Waals surface area contributed by atoms with Gasteiger partial charge in [-0.15, -0.1) is 11.3 Å². The Balaban J connectivity index is 1.49. The number of carbonyl (C=O) groups excluding carboxylic acids is 1. The van der Waals surface area contributed by atoms with E-state index >= 15 is 0 Å². The first-order valence-electron chi connectivity index (χ1n) is 9.54. The molecule has 28 heavy (non-hydrogen) atoms. The van der Waals surface area contributed by atoms with Crippen molar-refractivity contribution in [3.63, 3.8) is 0 Å². The first kappa shape index (κ1) is 19.9. The van der Waals surface area contributed by atoms with Crippen LogP contribution in [0, 0.1) is 5.92 Å². The molecule has 0 spiro atoms. The fourth-order valence-corrected chi connectivity index (χ4v) is 6.05. The fourth-order valence-electron chi connectivity index (χ4n) is 3.70. The van der Waals surface area contributed by atoms with Crippen LogP contribution in [-0.2, 0) is 21.4 Å². The van der Waals surface area contributed by atoms with Crippen molar-refractivity contribution in [3.05, 3.63) is 51.7 Å². The average Bonchev–Trinajstić information content (AvgIpc) is 3.41. The molecule has 0 unspecified atom stereocenters. The van der Waals surface area contributed by atoms with Crippen molar-refractivity contribution in [2.24, 2.45) is 5.92 Å². The summed E-state index contributed by atoms with van der Waals surface area (Å²) < 4.78 is 27.5. The summed E-state index contributed by atoms with van der Waals surface area (Å²) in [4.78, 5) is 16.6. The van der Waals surface area contributed by atoms with Crippen LogP contribution in [0.4, 0.5) is 0 Å². The average molecular weight is 439 g/mol. The third-order valence-corrected chi connectivity index (χ3v) is 8.35. The Bertz CT molecular complexity index is 925. The first-order chi connectivity index (χ1) is 13.4. The zero-order valence-corrected chi connectivity index (χ0v) is 17.8. The molecule has 0 bridgehead atoms. The van der Waals surface area contributed by atoms with E-state index in [9.17, 15) is 13.2 Å². The van der Waals surface area contributed by atoms with Crippen molar-refractivity contribution in [2.75, 3.05) is 13.1 Å². The van der Waals surface area contributed by atoms with Crippen LogP contribution in [0.3, 0.4) is 0 Å². The zero-order chi connectivity index (χ0) is 19.7. The van der Waals surface area contributed by atoms with Crippen LogP contribution in [0.1, 0.15) is 30.6 Å². The number of piperidine rings is 1. The molecule has 1 atom stereocenters. The molecule has 2 fully saturated rings.